The fraction of sp³-hybridized carbons (Fsp3) is 0.308. The van der Waals surface area contributed by atoms with Crippen molar-refractivity contribution in [2.45, 2.75) is 19.4 Å². The third-order valence-corrected chi connectivity index (χ3v) is 3.27. The molecule has 5 nitrogen and oxygen atoms in total. The number of nitrogens with zero attached hydrogens (tertiary/aromatic N) is 2. The fourth-order valence-corrected chi connectivity index (χ4v) is 1.95. The lowest BCUT2D eigenvalue weighted by atomic mass is 10.2. The molecule has 1 aliphatic carbocycles. The van der Waals surface area contributed by atoms with E-state index in [1.807, 2.05) is 18.2 Å². The van der Waals surface area contributed by atoms with Gasteiger partial charge in [0.15, 0.2) is 0 Å². The van der Waals surface area contributed by atoms with Crippen molar-refractivity contribution in [3.8, 4) is 11.4 Å². The Kier molecular flexibility index (Phi) is 3.21. The van der Waals surface area contributed by atoms with Gasteiger partial charge >= 0.3 is 0 Å². The molecule has 0 saturated heterocycles. The van der Waals surface area contributed by atoms with E-state index in [0.29, 0.717) is 22.3 Å². The first-order chi connectivity index (χ1) is 9.24. The summed E-state index contributed by atoms with van der Waals surface area (Å²) >= 11 is 6.05. The minimum Gasteiger partial charge on any atom is -0.347 e. The molecule has 0 bridgehead atoms. The van der Waals surface area contributed by atoms with Crippen LogP contribution in [0.4, 0.5) is 0 Å². The largest absolute Gasteiger partial charge is 0.347 e. The first-order valence-electron chi connectivity index (χ1n) is 6.09. The lowest BCUT2D eigenvalue weighted by Crippen LogP contribution is -2.24. The molecular weight excluding hydrogens is 266 g/mol. The minimum atomic E-state index is 0.0532. The standard InChI is InChI=1S/C13H12ClN3O2/c14-10-4-2-1-3-9(10)12-16-11(19-17-12)7-15-13(18)8-5-6-8/h1-4,8H,5-7H2,(H,15,18). The highest BCUT2D eigenvalue weighted by Crippen LogP contribution is 2.29. The van der Waals surface area contributed by atoms with Gasteiger partial charge in [0.2, 0.25) is 17.6 Å². The van der Waals surface area contributed by atoms with Gasteiger partial charge in [-0.2, -0.15) is 4.98 Å². The summed E-state index contributed by atoms with van der Waals surface area (Å²) in [4.78, 5) is 15.7. The zero-order valence-electron chi connectivity index (χ0n) is 10.1. The third-order valence-electron chi connectivity index (χ3n) is 2.94. The zero-order valence-corrected chi connectivity index (χ0v) is 10.9. The van der Waals surface area contributed by atoms with Gasteiger partial charge in [-0.1, -0.05) is 28.9 Å². The zero-order chi connectivity index (χ0) is 13.2. The van der Waals surface area contributed by atoms with Crippen molar-refractivity contribution in [3.05, 3.63) is 35.2 Å². The maximum Gasteiger partial charge on any atom is 0.246 e. The molecule has 1 aliphatic rings. The summed E-state index contributed by atoms with van der Waals surface area (Å²) in [5.74, 6) is 1.04. The Morgan fingerprint density at radius 3 is 2.95 bits per heavy atom. The lowest BCUT2D eigenvalue weighted by molar-refractivity contribution is -0.122. The summed E-state index contributed by atoms with van der Waals surface area (Å²) in [7, 11) is 0. The summed E-state index contributed by atoms with van der Waals surface area (Å²) in [5.41, 5.74) is 0.715. The Hall–Kier alpha value is -1.88. The first-order valence-corrected chi connectivity index (χ1v) is 6.47. The number of aromatic nitrogens is 2. The maximum atomic E-state index is 11.5. The summed E-state index contributed by atoms with van der Waals surface area (Å²) in [6.07, 6.45) is 1.95. The summed E-state index contributed by atoms with van der Waals surface area (Å²) in [6, 6.07) is 7.27. The quantitative estimate of drug-likeness (QED) is 0.932. The highest BCUT2D eigenvalue weighted by atomic mass is 35.5. The number of rotatable bonds is 4. The Bertz CT molecular complexity index is 607. The van der Waals surface area contributed by atoms with E-state index in [0.717, 1.165) is 12.8 Å². The molecule has 1 N–H and O–H groups in total. The van der Waals surface area contributed by atoms with E-state index in [-0.39, 0.29) is 18.4 Å². The molecule has 1 heterocycles. The van der Waals surface area contributed by atoms with Crippen LogP contribution in [0, 0.1) is 5.92 Å². The highest BCUT2D eigenvalue weighted by Gasteiger charge is 2.29. The van der Waals surface area contributed by atoms with E-state index < -0.39 is 0 Å². The smallest absolute Gasteiger partial charge is 0.246 e. The van der Waals surface area contributed by atoms with Crippen LogP contribution in [0.2, 0.25) is 5.02 Å². The van der Waals surface area contributed by atoms with Gasteiger partial charge in [0.25, 0.3) is 0 Å². The van der Waals surface area contributed by atoms with Crippen LogP contribution in [-0.2, 0) is 11.3 Å². The van der Waals surface area contributed by atoms with E-state index >= 15 is 0 Å². The number of amides is 1. The van der Waals surface area contributed by atoms with Gasteiger partial charge in [-0.15, -0.1) is 0 Å². The lowest BCUT2D eigenvalue weighted by Gasteiger charge is -1.98. The Morgan fingerprint density at radius 1 is 1.42 bits per heavy atom. The molecule has 1 aromatic heterocycles. The van der Waals surface area contributed by atoms with Crippen LogP contribution < -0.4 is 5.32 Å². The van der Waals surface area contributed by atoms with Gasteiger partial charge in [-0.3, -0.25) is 4.79 Å². The Balaban J connectivity index is 1.69. The normalized spacial score (nSPS) is 14.4. The topological polar surface area (TPSA) is 68.0 Å². The number of carbonyl (C=O) groups is 1. The van der Waals surface area contributed by atoms with Crippen LogP contribution in [0.15, 0.2) is 28.8 Å². The predicted molar refractivity (Wildman–Crippen MR) is 69.3 cm³/mol. The summed E-state index contributed by atoms with van der Waals surface area (Å²) in [5, 5.41) is 7.20. The molecule has 19 heavy (non-hydrogen) atoms. The van der Waals surface area contributed by atoms with Crippen molar-refractivity contribution in [2.75, 3.05) is 0 Å². The van der Waals surface area contributed by atoms with Crippen LogP contribution in [-0.4, -0.2) is 16.0 Å². The number of hydrogen-bond acceptors (Lipinski definition) is 4. The number of halogens is 1. The second-order valence-corrected chi connectivity index (χ2v) is 4.89. The van der Waals surface area contributed by atoms with Crippen molar-refractivity contribution in [2.24, 2.45) is 5.92 Å². The average Bonchev–Trinajstić information content (AvgIpc) is 3.16. The first kappa shape index (κ1) is 12.2. The number of nitrogens with one attached hydrogen (secondary N) is 1. The van der Waals surface area contributed by atoms with Crippen LogP contribution in [0.3, 0.4) is 0 Å². The van der Waals surface area contributed by atoms with Crippen LogP contribution in [0.25, 0.3) is 11.4 Å². The SMILES string of the molecule is O=C(NCc1nc(-c2ccccc2Cl)no1)C1CC1. The van der Waals surface area contributed by atoms with E-state index in [2.05, 4.69) is 15.5 Å². The maximum absolute atomic E-state index is 11.5. The third kappa shape index (κ3) is 2.76. The molecule has 0 spiro atoms. The highest BCUT2D eigenvalue weighted by molar-refractivity contribution is 6.33. The molecule has 1 amide bonds. The van der Waals surface area contributed by atoms with Crippen molar-refractivity contribution >= 4 is 17.5 Å². The van der Waals surface area contributed by atoms with E-state index in [4.69, 9.17) is 16.1 Å². The van der Waals surface area contributed by atoms with E-state index in [9.17, 15) is 4.79 Å². The molecule has 98 valence electrons. The average molecular weight is 278 g/mol. The Labute approximate surface area is 115 Å². The molecule has 3 rings (SSSR count). The molecule has 0 unspecified atom stereocenters. The molecule has 1 saturated carbocycles. The molecular formula is C13H12ClN3O2. The van der Waals surface area contributed by atoms with Crippen molar-refractivity contribution in [1.29, 1.82) is 0 Å². The second-order valence-electron chi connectivity index (χ2n) is 4.48. The van der Waals surface area contributed by atoms with Gasteiger partial charge in [-0.25, -0.2) is 0 Å². The Morgan fingerprint density at radius 2 is 2.21 bits per heavy atom. The van der Waals surface area contributed by atoms with Crippen LogP contribution in [0.1, 0.15) is 18.7 Å². The van der Waals surface area contributed by atoms with Gasteiger partial charge in [0, 0.05) is 11.5 Å². The monoisotopic (exact) mass is 277 g/mol. The summed E-state index contributed by atoms with van der Waals surface area (Å²) in [6.45, 7) is 0.257. The molecule has 0 atom stereocenters. The molecule has 1 fully saturated rings. The molecule has 6 heteroatoms. The molecule has 0 aliphatic heterocycles. The molecule has 1 aromatic carbocycles. The number of carbonyl (C=O) groups excluding carboxylic acids is 1. The molecule has 0 radical (unpaired) electrons. The van der Waals surface area contributed by atoms with Crippen molar-refractivity contribution in [3.63, 3.8) is 0 Å². The van der Waals surface area contributed by atoms with E-state index in [1.165, 1.54) is 0 Å². The number of benzene rings is 1. The van der Waals surface area contributed by atoms with Gasteiger partial charge < -0.3 is 9.84 Å². The predicted octanol–water partition coefficient (Wildman–Crippen LogP) is 2.42. The second kappa shape index (κ2) is 5.01. The van der Waals surface area contributed by atoms with Gasteiger partial charge in [-0.05, 0) is 25.0 Å². The van der Waals surface area contributed by atoms with Crippen molar-refractivity contribution in [1.82, 2.24) is 15.5 Å². The fourth-order valence-electron chi connectivity index (χ4n) is 1.73. The van der Waals surface area contributed by atoms with Gasteiger partial charge in [0.1, 0.15) is 0 Å². The summed E-state index contributed by atoms with van der Waals surface area (Å²) < 4.78 is 5.09. The van der Waals surface area contributed by atoms with E-state index in [1.54, 1.807) is 6.07 Å². The van der Waals surface area contributed by atoms with Crippen molar-refractivity contribution < 1.29 is 9.32 Å². The number of hydrogen-bond donors (Lipinski definition) is 1. The molecule has 2 aromatic rings. The van der Waals surface area contributed by atoms with Crippen LogP contribution in [0.5, 0.6) is 0 Å². The van der Waals surface area contributed by atoms with Crippen LogP contribution >= 0.6 is 11.6 Å². The van der Waals surface area contributed by atoms with Gasteiger partial charge in [0.05, 0.1) is 11.6 Å². The minimum absolute atomic E-state index is 0.0532.